The highest BCUT2D eigenvalue weighted by Gasteiger charge is 1.98. The quantitative estimate of drug-likeness (QED) is 0.486. The molecule has 3 aromatic rings. The normalized spacial score (nSPS) is 10.3. The topological polar surface area (TPSA) is 21.6 Å². The van der Waals surface area contributed by atoms with Crippen LogP contribution in [0.4, 0.5) is 5.69 Å². The van der Waals surface area contributed by atoms with Crippen molar-refractivity contribution in [3.63, 3.8) is 0 Å². The second kappa shape index (κ2) is 8.52. The average Bonchev–Trinajstić information content (AvgIpc) is 2.68. The van der Waals surface area contributed by atoms with Crippen molar-refractivity contribution in [3.05, 3.63) is 95.6 Å². The Balaban J connectivity index is 1.74. The minimum atomic E-state index is 0.672. The van der Waals surface area contributed by atoms with Gasteiger partial charge < -0.3 is 4.74 Å². The average molecular weight is 325 g/mol. The zero-order valence-electron chi connectivity index (χ0n) is 14.1. The molecule has 0 radical (unpaired) electrons. The third-order valence-electron chi connectivity index (χ3n) is 3.75. The third kappa shape index (κ3) is 4.83. The first kappa shape index (κ1) is 16.5. The number of methoxy groups -OCH3 is 1. The Morgan fingerprint density at radius 2 is 1.60 bits per heavy atom. The van der Waals surface area contributed by atoms with Crippen molar-refractivity contribution in [2.45, 2.75) is 6.42 Å². The lowest BCUT2D eigenvalue weighted by Crippen LogP contribution is -1.86. The maximum atomic E-state index is 5.17. The minimum Gasteiger partial charge on any atom is -0.497 e. The zero-order valence-corrected chi connectivity index (χ0v) is 14.1. The molecule has 0 heterocycles. The van der Waals surface area contributed by atoms with Gasteiger partial charge in [0.25, 0.3) is 0 Å². The number of nitrogens with zero attached hydrogens (tertiary/aromatic N) is 1. The number of hydrogen-bond acceptors (Lipinski definition) is 2. The van der Waals surface area contributed by atoms with E-state index in [0.29, 0.717) is 6.42 Å². The van der Waals surface area contributed by atoms with Crippen LogP contribution in [0.15, 0.2) is 83.9 Å². The van der Waals surface area contributed by atoms with Crippen LogP contribution in [-0.4, -0.2) is 13.3 Å². The number of hydrogen-bond donors (Lipinski definition) is 0. The highest BCUT2D eigenvalue weighted by atomic mass is 16.5. The van der Waals surface area contributed by atoms with Crippen molar-refractivity contribution in [2.75, 3.05) is 7.11 Å². The van der Waals surface area contributed by atoms with Crippen LogP contribution in [0.5, 0.6) is 5.75 Å². The summed E-state index contributed by atoms with van der Waals surface area (Å²) in [7, 11) is 1.66. The molecular formula is C23H19NO. The Hall–Kier alpha value is -3.31. The standard InChI is InChI=1S/C23H19NO/c1-25-22-16-14-20(15-17-22)18-24-23-13-6-5-11-21(23)12-7-10-19-8-3-2-4-9-19/h2-6,8-9,11,13-18H,12H2,1H3. The van der Waals surface area contributed by atoms with Gasteiger partial charge in [-0.1, -0.05) is 48.2 Å². The van der Waals surface area contributed by atoms with Crippen LogP contribution >= 0.6 is 0 Å². The van der Waals surface area contributed by atoms with Gasteiger partial charge >= 0.3 is 0 Å². The lowest BCUT2D eigenvalue weighted by molar-refractivity contribution is 0.415. The molecule has 2 nitrogen and oxygen atoms in total. The molecular weight excluding hydrogens is 306 g/mol. The number of ether oxygens (including phenoxy) is 1. The van der Waals surface area contributed by atoms with Gasteiger partial charge in [0.1, 0.15) is 5.75 Å². The van der Waals surface area contributed by atoms with E-state index in [2.05, 4.69) is 22.9 Å². The number of rotatable bonds is 4. The van der Waals surface area contributed by atoms with E-state index in [4.69, 9.17) is 4.74 Å². The van der Waals surface area contributed by atoms with E-state index in [1.807, 2.05) is 79.0 Å². The Morgan fingerprint density at radius 1 is 0.880 bits per heavy atom. The first-order chi connectivity index (χ1) is 12.3. The lowest BCUT2D eigenvalue weighted by atomic mass is 10.1. The Morgan fingerprint density at radius 3 is 2.36 bits per heavy atom. The molecule has 3 rings (SSSR count). The summed E-state index contributed by atoms with van der Waals surface area (Å²) in [5.74, 6) is 7.26. The van der Waals surface area contributed by atoms with Gasteiger partial charge in [-0.3, -0.25) is 4.99 Å². The summed E-state index contributed by atoms with van der Waals surface area (Å²) in [4.78, 5) is 4.62. The SMILES string of the molecule is COc1ccc(C=Nc2ccccc2CC#Cc2ccccc2)cc1. The van der Waals surface area contributed by atoms with Crippen molar-refractivity contribution < 1.29 is 4.74 Å². The van der Waals surface area contributed by atoms with Crippen LogP contribution in [-0.2, 0) is 6.42 Å². The first-order valence-corrected chi connectivity index (χ1v) is 8.15. The van der Waals surface area contributed by atoms with Crippen LogP contribution in [0.25, 0.3) is 0 Å². The molecule has 0 aliphatic carbocycles. The van der Waals surface area contributed by atoms with E-state index in [0.717, 1.165) is 28.1 Å². The predicted octanol–water partition coefficient (Wildman–Crippen LogP) is 5.04. The maximum absolute atomic E-state index is 5.17. The van der Waals surface area contributed by atoms with Crippen molar-refractivity contribution in [3.8, 4) is 17.6 Å². The van der Waals surface area contributed by atoms with E-state index >= 15 is 0 Å². The molecule has 0 spiro atoms. The Kier molecular flexibility index (Phi) is 5.64. The molecule has 0 unspecified atom stereocenters. The highest BCUT2D eigenvalue weighted by molar-refractivity contribution is 5.82. The third-order valence-corrected chi connectivity index (χ3v) is 3.75. The molecule has 0 fully saturated rings. The summed E-state index contributed by atoms with van der Waals surface area (Å²) < 4.78 is 5.17. The molecule has 25 heavy (non-hydrogen) atoms. The maximum Gasteiger partial charge on any atom is 0.118 e. The van der Waals surface area contributed by atoms with Crippen LogP contribution < -0.4 is 4.74 Å². The van der Waals surface area contributed by atoms with Gasteiger partial charge in [-0.25, -0.2) is 0 Å². The fourth-order valence-electron chi connectivity index (χ4n) is 2.38. The smallest absolute Gasteiger partial charge is 0.118 e. The molecule has 0 amide bonds. The molecule has 0 aliphatic rings. The van der Waals surface area contributed by atoms with E-state index in [1.165, 1.54) is 0 Å². The number of benzene rings is 3. The largest absolute Gasteiger partial charge is 0.497 e. The number of para-hydroxylation sites is 1. The van der Waals surface area contributed by atoms with E-state index < -0.39 is 0 Å². The molecule has 0 saturated carbocycles. The van der Waals surface area contributed by atoms with Crippen LogP contribution in [0.3, 0.4) is 0 Å². The second-order valence-electron chi connectivity index (χ2n) is 5.50. The van der Waals surface area contributed by atoms with Gasteiger partial charge in [0.15, 0.2) is 0 Å². The molecule has 0 atom stereocenters. The first-order valence-electron chi connectivity index (χ1n) is 8.15. The molecule has 0 aliphatic heterocycles. The van der Waals surface area contributed by atoms with Crippen LogP contribution in [0.1, 0.15) is 16.7 Å². The van der Waals surface area contributed by atoms with Gasteiger partial charge in [-0.15, -0.1) is 0 Å². The zero-order chi connectivity index (χ0) is 17.3. The lowest BCUT2D eigenvalue weighted by Gasteiger charge is -2.02. The van der Waals surface area contributed by atoms with Gasteiger partial charge in [-0.2, -0.15) is 0 Å². The van der Waals surface area contributed by atoms with E-state index in [-0.39, 0.29) is 0 Å². The summed E-state index contributed by atoms with van der Waals surface area (Å²) in [6, 6.07) is 25.9. The summed E-state index contributed by atoms with van der Waals surface area (Å²) in [6.07, 6.45) is 2.54. The molecule has 2 heteroatoms. The van der Waals surface area contributed by atoms with E-state index in [1.54, 1.807) is 7.11 Å². The van der Waals surface area contributed by atoms with Crippen LogP contribution in [0.2, 0.25) is 0 Å². The summed E-state index contributed by atoms with van der Waals surface area (Å²) >= 11 is 0. The van der Waals surface area contributed by atoms with E-state index in [9.17, 15) is 0 Å². The highest BCUT2D eigenvalue weighted by Crippen LogP contribution is 2.19. The van der Waals surface area contributed by atoms with Crippen molar-refractivity contribution in [1.82, 2.24) is 0 Å². The summed E-state index contributed by atoms with van der Waals surface area (Å²) in [5.41, 5.74) is 4.13. The second-order valence-corrected chi connectivity index (χ2v) is 5.50. The fourth-order valence-corrected chi connectivity index (χ4v) is 2.38. The molecule has 3 aromatic carbocycles. The van der Waals surface area contributed by atoms with Gasteiger partial charge in [-0.05, 0) is 53.6 Å². The fraction of sp³-hybridized carbons (Fsp3) is 0.0870. The van der Waals surface area contributed by atoms with Gasteiger partial charge in [0.2, 0.25) is 0 Å². The summed E-state index contributed by atoms with van der Waals surface area (Å²) in [5, 5.41) is 0. The Bertz CT molecular complexity index is 900. The molecule has 0 saturated heterocycles. The van der Waals surface area contributed by atoms with Crippen molar-refractivity contribution in [2.24, 2.45) is 4.99 Å². The molecule has 122 valence electrons. The monoisotopic (exact) mass is 325 g/mol. The minimum absolute atomic E-state index is 0.672. The van der Waals surface area contributed by atoms with Gasteiger partial charge in [0, 0.05) is 18.2 Å². The molecule has 0 bridgehead atoms. The van der Waals surface area contributed by atoms with Gasteiger partial charge in [0.05, 0.1) is 12.8 Å². The van der Waals surface area contributed by atoms with Crippen molar-refractivity contribution >= 4 is 11.9 Å². The van der Waals surface area contributed by atoms with Crippen molar-refractivity contribution in [1.29, 1.82) is 0 Å². The molecule has 0 aromatic heterocycles. The Labute approximate surface area is 148 Å². The number of aliphatic imine (C=N–C) groups is 1. The van der Waals surface area contributed by atoms with Crippen LogP contribution in [0, 0.1) is 11.8 Å². The predicted molar refractivity (Wildman–Crippen MR) is 104 cm³/mol. The molecule has 0 N–H and O–H groups in total. The summed E-state index contributed by atoms with van der Waals surface area (Å²) in [6.45, 7) is 0.